The number of hydrogen-bond donors (Lipinski definition) is 1. The zero-order valence-electron chi connectivity index (χ0n) is 9.89. The Bertz CT molecular complexity index is 325. The maximum atomic E-state index is 5.51. The quantitative estimate of drug-likeness (QED) is 0.766. The largest absolute Gasteiger partial charge is 0.381 e. The van der Waals surface area contributed by atoms with Gasteiger partial charge in [-0.2, -0.15) is 4.80 Å². The molecule has 1 saturated heterocycles. The first-order valence-electron chi connectivity index (χ1n) is 5.83. The molecule has 0 bridgehead atoms. The number of aromatic nitrogens is 4. The average molecular weight is 225 g/mol. The van der Waals surface area contributed by atoms with Gasteiger partial charge in [-0.1, -0.05) is 6.92 Å². The van der Waals surface area contributed by atoms with E-state index in [0.717, 1.165) is 38.4 Å². The number of ether oxygens (including phenoxy) is 1. The van der Waals surface area contributed by atoms with E-state index in [-0.39, 0.29) is 0 Å². The van der Waals surface area contributed by atoms with Gasteiger partial charge in [0.1, 0.15) is 0 Å². The van der Waals surface area contributed by atoms with E-state index in [4.69, 9.17) is 4.74 Å². The molecule has 0 aromatic carbocycles. The van der Waals surface area contributed by atoms with Crippen LogP contribution in [0.4, 0.5) is 0 Å². The van der Waals surface area contributed by atoms with Crippen molar-refractivity contribution in [1.82, 2.24) is 25.5 Å². The number of tetrazole rings is 1. The Morgan fingerprint density at radius 1 is 1.56 bits per heavy atom. The van der Waals surface area contributed by atoms with E-state index in [0.29, 0.717) is 12.0 Å². The lowest BCUT2D eigenvalue weighted by molar-refractivity contribution is 0.0319. The van der Waals surface area contributed by atoms with E-state index in [1.165, 1.54) is 4.80 Å². The molecule has 2 rings (SSSR count). The van der Waals surface area contributed by atoms with Crippen LogP contribution < -0.4 is 5.32 Å². The Morgan fingerprint density at radius 3 is 3.12 bits per heavy atom. The minimum absolute atomic E-state index is 0.456. The average Bonchev–Trinajstić information content (AvgIpc) is 2.67. The molecule has 1 aliphatic rings. The monoisotopic (exact) mass is 225 g/mol. The predicted molar refractivity (Wildman–Crippen MR) is 58.9 cm³/mol. The van der Waals surface area contributed by atoms with Crippen molar-refractivity contribution < 1.29 is 4.74 Å². The summed E-state index contributed by atoms with van der Waals surface area (Å²) in [6.45, 7) is 4.76. The molecule has 2 atom stereocenters. The second-order valence-corrected chi connectivity index (χ2v) is 4.19. The summed E-state index contributed by atoms with van der Waals surface area (Å²) in [4.78, 5) is 1.50. The highest BCUT2D eigenvalue weighted by molar-refractivity contribution is 4.88. The molecule has 0 saturated carbocycles. The highest BCUT2D eigenvalue weighted by Gasteiger charge is 2.26. The zero-order chi connectivity index (χ0) is 11.4. The summed E-state index contributed by atoms with van der Waals surface area (Å²) in [5.74, 6) is 1.26. The SMILES string of the molecule is CCNC1CCOCC1Cc1nnn(C)n1. The molecule has 16 heavy (non-hydrogen) atoms. The van der Waals surface area contributed by atoms with E-state index in [2.05, 4.69) is 27.7 Å². The van der Waals surface area contributed by atoms with Crippen molar-refractivity contribution in [2.24, 2.45) is 13.0 Å². The number of rotatable bonds is 4. The molecule has 0 spiro atoms. The molecular formula is C10H19N5O. The van der Waals surface area contributed by atoms with Crippen LogP contribution in [-0.4, -0.2) is 46.0 Å². The van der Waals surface area contributed by atoms with Gasteiger partial charge in [0, 0.05) is 25.0 Å². The molecular weight excluding hydrogens is 206 g/mol. The first-order valence-corrected chi connectivity index (χ1v) is 5.83. The second kappa shape index (κ2) is 5.36. The molecule has 1 aliphatic heterocycles. The third-order valence-corrected chi connectivity index (χ3v) is 2.93. The summed E-state index contributed by atoms with van der Waals surface area (Å²) < 4.78 is 5.51. The Morgan fingerprint density at radius 2 is 2.44 bits per heavy atom. The summed E-state index contributed by atoms with van der Waals surface area (Å²) in [7, 11) is 1.79. The maximum absolute atomic E-state index is 5.51. The molecule has 2 heterocycles. The minimum atomic E-state index is 0.456. The molecule has 0 radical (unpaired) electrons. The van der Waals surface area contributed by atoms with E-state index in [9.17, 15) is 0 Å². The number of aryl methyl sites for hydroxylation is 1. The lowest BCUT2D eigenvalue weighted by Gasteiger charge is -2.31. The third-order valence-electron chi connectivity index (χ3n) is 2.93. The van der Waals surface area contributed by atoms with Gasteiger partial charge in [0.15, 0.2) is 5.82 Å². The number of nitrogens with zero attached hydrogens (tertiary/aromatic N) is 4. The van der Waals surface area contributed by atoms with Gasteiger partial charge in [-0.3, -0.25) is 0 Å². The Labute approximate surface area is 95.4 Å². The summed E-state index contributed by atoms with van der Waals surface area (Å²) in [5, 5.41) is 15.6. The lowest BCUT2D eigenvalue weighted by Crippen LogP contribution is -2.43. The number of nitrogens with one attached hydrogen (secondary N) is 1. The van der Waals surface area contributed by atoms with Crippen molar-refractivity contribution in [1.29, 1.82) is 0 Å². The fraction of sp³-hybridized carbons (Fsp3) is 0.900. The third kappa shape index (κ3) is 2.76. The zero-order valence-corrected chi connectivity index (χ0v) is 9.89. The first kappa shape index (κ1) is 11.5. The van der Waals surface area contributed by atoms with Crippen molar-refractivity contribution in [3.05, 3.63) is 5.82 Å². The summed E-state index contributed by atoms with van der Waals surface area (Å²) in [6.07, 6.45) is 1.91. The highest BCUT2D eigenvalue weighted by atomic mass is 16.5. The summed E-state index contributed by atoms with van der Waals surface area (Å²) >= 11 is 0. The summed E-state index contributed by atoms with van der Waals surface area (Å²) in [6, 6.07) is 0.516. The summed E-state index contributed by atoms with van der Waals surface area (Å²) in [5.41, 5.74) is 0. The first-order chi connectivity index (χ1) is 7.79. The van der Waals surface area contributed by atoms with Crippen LogP contribution in [0.1, 0.15) is 19.2 Å². The fourth-order valence-corrected chi connectivity index (χ4v) is 2.17. The molecule has 2 unspecified atom stereocenters. The normalized spacial score (nSPS) is 25.9. The van der Waals surface area contributed by atoms with Crippen LogP contribution in [0.3, 0.4) is 0 Å². The van der Waals surface area contributed by atoms with Crippen molar-refractivity contribution in [3.8, 4) is 0 Å². The van der Waals surface area contributed by atoms with Gasteiger partial charge in [0.25, 0.3) is 0 Å². The Kier molecular flexibility index (Phi) is 3.84. The molecule has 1 aromatic rings. The predicted octanol–water partition coefficient (Wildman–Crippen LogP) is -0.233. The topological polar surface area (TPSA) is 64.9 Å². The van der Waals surface area contributed by atoms with Gasteiger partial charge >= 0.3 is 0 Å². The smallest absolute Gasteiger partial charge is 0.175 e. The van der Waals surface area contributed by atoms with Crippen molar-refractivity contribution in [2.75, 3.05) is 19.8 Å². The minimum Gasteiger partial charge on any atom is -0.381 e. The van der Waals surface area contributed by atoms with Crippen LogP contribution in [-0.2, 0) is 18.2 Å². The van der Waals surface area contributed by atoms with Gasteiger partial charge in [-0.25, -0.2) is 0 Å². The van der Waals surface area contributed by atoms with Crippen molar-refractivity contribution in [2.45, 2.75) is 25.8 Å². The molecule has 1 aromatic heterocycles. The molecule has 1 fully saturated rings. The van der Waals surface area contributed by atoms with Crippen LogP contribution in [0.5, 0.6) is 0 Å². The van der Waals surface area contributed by atoms with Crippen LogP contribution in [0.2, 0.25) is 0 Å². The van der Waals surface area contributed by atoms with Crippen LogP contribution >= 0.6 is 0 Å². The standard InChI is InChI=1S/C10H19N5O/c1-3-11-9-4-5-16-7-8(9)6-10-12-14-15(2)13-10/h8-9,11H,3-7H2,1-2H3. The lowest BCUT2D eigenvalue weighted by atomic mass is 9.92. The molecule has 6 heteroatoms. The fourth-order valence-electron chi connectivity index (χ4n) is 2.17. The van der Waals surface area contributed by atoms with Crippen LogP contribution in [0.15, 0.2) is 0 Å². The van der Waals surface area contributed by atoms with Gasteiger partial charge in [-0.15, -0.1) is 10.2 Å². The second-order valence-electron chi connectivity index (χ2n) is 4.19. The Hall–Kier alpha value is -1.01. The van der Waals surface area contributed by atoms with Gasteiger partial charge in [0.2, 0.25) is 0 Å². The van der Waals surface area contributed by atoms with E-state index in [1.807, 2.05) is 0 Å². The molecule has 0 aliphatic carbocycles. The maximum Gasteiger partial charge on any atom is 0.175 e. The van der Waals surface area contributed by atoms with Gasteiger partial charge < -0.3 is 10.1 Å². The van der Waals surface area contributed by atoms with Gasteiger partial charge in [0.05, 0.1) is 13.7 Å². The molecule has 1 N–H and O–H groups in total. The Balaban J connectivity index is 1.95. The molecule has 0 amide bonds. The van der Waals surface area contributed by atoms with Gasteiger partial charge in [-0.05, 0) is 18.2 Å². The molecule has 6 nitrogen and oxygen atoms in total. The van der Waals surface area contributed by atoms with Crippen LogP contribution in [0.25, 0.3) is 0 Å². The van der Waals surface area contributed by atoms with Crippen molar-refractivity contribution >= 4 is 0 Å². The van der Waals surface area contributed by atoms with Crippen molar-refractivity contribution in [3.63, 3.8) is 0 Å². The highest BCUT2D eigenvalue weighted by Crippen LogP contribution is 2.17. The van der Waals surface area contributed by atoms with E-state index >= 15 is 0 Å². The number of hydrogen-bond acceptors (Lipinski definition) is 5. The van der Waals surface area contributed by atoms with Crippen LogP contribution in [0, 0.1) is 5.92 Å². The van der Waals surface area contributed by atoms with E-state index < -0.39 is 0 Å². The molecule has 90 valence electrons. The van der Waals surface area contributed by atoms with E-state index in [1.54, 1.807) is 7.05 Å².